The second kappa shape index (κ2) is 4.72. The molecule has 0 unspecified atom stereocenters. The van der Waals surface area contributed by atoms with E-state index in [-0.39, 0.29) is 11.0 Å². The number of aromatic nitrogens is 1. The van der Waals surface area contributed by atoms with Crippen LogP contribution in [0.3, 0.4) is 0 Å². The fourth-order valence-corrected chi connectivity index (χ4v) is 2.36. The molecule has 1 aromatic carbocycles. The highest BCUT2D eigenvalue weighted by molar-refractivity contribution is 5.93. The highest BCUT2D eigenvalue weighted by Crippen LogP contribution is 2.21. The molecule has 0 fully saturated rings. The Morgan fingerprint density at radius 2 is 1.68 bits per heavy atom. The van der Waals surface area contributed by atoms with Gasteiger partial charge in [-0.3, -0.25) is 4.79 Å². The van der Waals surface area contributed by atoms with E-state index in [4.69, 9.17) is 0 Å². The topological polar surface area (TPSA) is 59.3 Å². The van der Waals surface area contributed by atoms with Gasteiger partial charge in [-0.25, -0.2) is 4.79 Å². The fraction of sp³-hybridized carbons (Fsp3) is 0.200. The van der Waals surface area contributed by atoms with Crippen molar-refractivity contribution in [3.8, 4) is 5.69 Å². The normalized spacial score (nSPS) is 10.5. The van der Waals surface area contributed by atoms with Crippen LogP contribution < -0.4 is 5.43 Å². The number of hydrogen-bond acceptors (Lipinski definition) is 2. The number of nitrogens with zero attached hydrogens (tertiary/aromatic N) is 1. The molecule has 0 saturated carbocycles. The van der Waals surface area contributed by atoms with E-state index in [1.165, 1.54) is 12.1 Å². The molecule has 0 aliphatic heterocycles. The van der Waals surface area contributed by atoms with Crippen LogP contribution in [0.1, 0.15) is 27.3 Å². The Morgan fingerprint density at radius 1 is 1.11 bits per heavy atom. The lowest BCUT2D eigenvalue weighted by atomic mass is 10.1. The van der Waals surface area contributed by atoms with E-state index in [9.17, 15) is 14.7 Å². The molecule has 0 atom stereocenters. The van der Waals surface area contributed by atoms with Crippen LogP contribution in [0.5, 0.6) is 0 Å². The van der Waals surface area contributed by atoms with Gasteiger partial charge < -0.3 is 9.67 Å². The molecule has 0 spiro atoms. The quantitative estimate of drug-likeness (QED) is 0.899. The minimum absolute atomic E-state index is 0.0734. The van der Waals surface area contributed by atoms with Gasteiger partial charge in [0.1, 0.15) is 0 Å². The first kappa shape index (κ1) is 13.1. The maximum Gasteiger partial charge on any atom is 0.338 e. The molecule has 1 heterocycles. The summed E-state index contributed by atoms with van der Waals surface area (Å²) in [5, 5.41) is 9.37. The van der Waals surface area contributed by atoms with E-state index in [0.717, 1.165) is 11.4 Å². The van der Waals surface area contributed by atoms with Gasteiger partial charge in [-0.05, 0) is 32.4 Å². The molecule has 19 heavy (non-hydrogen) atoms. The molecule has 1 N–H and O–H groups in total. The first-order valence-corrected chi connectivity index (χ1v) is 5.95. The van der Waals surface area contributed by atoms with Crippen LogP contribution in [0.25, 0.3) is 5.69 Å². The molecule has 0 radical (unpaired) electrons. The zero-order valence-electron chi connectivity index (χ0n) is 11.1. The van der Waals surface area contributed by atoms with Crippen molar-refractivity contribution in [2.24, 2.45) is 0 Å². The largest absolute Gasteiger partial charge is 0.478 e. The van der Waals surface area contributed by atoms with Gasteiger partial charge in [0, 0.05) is 23.5 Å². The molecule has 98 valence electrons. The number of aromatic carboxylic acids is 1. The Balaban J connectivity index is 2.84. The second-order valence-corrected chi connectivity index (χ2v) is 4.58. The van der Waals surface area contributed by atoms with E-state index < -0.39 is 5.97 Å². The zero-order valence-corrected chi connectivity index (χ0v) is 11.1. The standard InChI is InChI=1S/C15H15NO3/c1-9-5-4-6-13(14(9)15(18)19)16-10(2)7-12(17)8-11(16)3/h4-8H,1-3H3,(H,18,19). The van der Waals surface area contributed by atoms with Gasteiger partial charge in [-0.2, -0.15) is 0 Å². The molecule has 2 rings (SSSR count). The van der Waals surface area contributed by atoms with Crippen molar-refractivity contribution in [2.45, 2.75) is 20.8 Å². The van der Waals surface area contributed by atoms with Gasteiger partial charge in [0.05, 0.1) is 11.3 Å². The van der Waals surface area contributed by atoms with Gasteiger partial charge in [0.25, 0.3) is 0 Å². The summed E-state index contributed by atoms with van der Waals surface area (Å²) in [6.07, 6.45) is 0. The van der Waals surface area contributed by atoms with Crippen molar-refractivity contribution in [1.82, 2.24) is 4.57 Å². The van der Waals surface area contributed by atoms with Gasteiger partial charge in [0.15, 0.2) is 5.43 Å². The highest BCUT2D eigenvalue weighted by atomic mass is 16.4. The zero-order chi connectivity index (χ0) is 14.2. The number of hydrogen-bond donors (Lipinski definition) is 1. The average molecular weight is 257 g/mol. The van der Waals surface area contributed by atoms with E-state index in [1.807, 2.05) is 6.07 Å². The molecule has 4 nitrogen and oxygen atoms in total. The number of pyridine rings is 1. The van der Waals surface area contributed by atoms with E-state index in [2.05, 4.69) is 0 Å². The lowest BCUT2D eigenvalue weighted by Crippen LogP contribution is -2.15. The Kier molecular flexibility index (Phi) is 3.25. The summed E-state index contributed by atoms with van der Waals surface area (Å²) in [5.74, 6) is -0.967. The summed E-state index contributed by atoms with van der Waals surface area (Å²) >= 11 is 0. The molecule has 0 amide bonds. The van der Waals surface area contributed by atoms with Crippen LogP contribution in [0.4, 0.5) is 0 Å². The second-order valence-electron chi connectivity index (χ2n) is 4.58. The number of aryl methyl sites for hydroxylation is 3. The SMILES string of the molecule is Cc1cccc(-n2c(C)cc(=O)cc2C)c1C(=O)O. The monoisotopic (exact) mass is 257 g/mol. The third-order valence-electron chi connectivity index (χ3n) is 3.11. The Hall–Kier alpha value is -2.36. The van der Waals surface area contributed by atoms with Crippen molar-refractivity contribution in [2.75, 3.05) is 0 Å². The lowest BCUT2D eigenvalue weighted by molar-refractivity contribution is 0.0696. The van der Waals surface area contributed by atoms with E-state index >= 15 is 0 Å². The van der Waals surface area contributed by atoms with Crippen LogP contribution in [0.15, 0.2) is 35.1 Å². The van der Waals surface area contributed by atoms with Gasteiger partial charge in [-0.15, -0.1) is 0 Å². The summed E-state index contributed by atoms with van der Waals surface area (Å²) in [7, 11) is 0. The molecule has 2 aromatic rings. The first-order valence-electron chi connectivity index (χ1n) is 5.95. The van der Waals surface area contributed by atoms with E-state index in [1.54, 1.807) is 37.5 Å². The molecule has 0 aliphatic rings. The van der Waals surface area contributed by atoms with E-state index in [0.29, 0.717) is 11.3 Å². The highest BCUT2D eigenvalue weighted by Gasteiger charge is 2.16. The predicted octanol–water partition coefficient (Wildman–Crippen LogP) is 2.46. The molecular formula is C15H15NO3. The van der Waals surface area contributed by atoms with Crippen molar-refractivity contribution in [3.05, 3.63) is 63.1 Å². The van der Waals surface area contributed by atoms with Crippen molar-refractivity contribution < 1.29 is 9.90 Å². The Morgan fingerprint density at radius 3 is 2.21 bits per heavy atom. The third-order valence-corrected chi connectivity index (χ3v) is 3.11. The maximum atomic E-state index is 11.5. The fourth-order valence-electron chi connectivity index (χ4n) is 2.36. The molecule has 4 heteroatoms. The third kappa shape index (κ3) is 2.29. The molecule has 0 saturated heterocycles. The molecule has 1 aromatic heterocycles. The minimum Gasteiger partial charge on any atom is -0.478 e. The lowest BCUT2D eigenvalue weighted by Gasteiger charge is -2.17. The summed E-state index contributed by atoms with van der Waals surface area (Å²) in [4.78, 5) is 22.9. The van der Waals surface area contributed by atoms with Crippen molar-refractivity contribution in [1.29, 1.82) is 0 Å². The Labute approximate surface area is 110 Å². The maximum absolute atomic E-state index is 11.5. The van der Waals surface area contributed by atoms with Crippen molar-refractivity contribution >= 4 is 5.97 Å². The number of carbonyl (C=O) groups is 1. The molecular weight excluding hydrogens is 242 g/mol. The number of carboxylic acid groups (broad SMARTS) is 1. The van der Waals surface area contributed by atoms with Gasteiger partial charge in [-0.1, -0.05) is 12.1 Å². The average Bonchev–Trinajstić information content (AvgIpc) is 2.26. The summed E-state index contributed by atoms with van der Waals surface area (Å²) in [6, 6.07) is 8.33. The minimum atomic E-state index is -0.967. The predicted molar refractivity (Wildman–Crippen MR) is 73.2 cm³/mol. The van der Waals surface area contributed by atoms with Crippen LogP contribution in [0.2, 0.25) is 0 Å². The smallest absolute Gasteiger partial charge is 0.338 e. The van der Waals surface area contributed by atoms with Crippen LogP contribution in [-0.4, -0.2) is 15.6 Å². The first-order chi connectivity index (χ1) is 8.91. The summed E-state index contributed by atoms with van der Waals surface area (Å²) in [5.41, 5.74) is 2.91. The summed E-state index contributed by atoms with van der Waals surface area (Å²) in [6.45, 7) is 5.35. The van der Waals surface area contributed by atoms with Crippen LogP contribution >= 0.6 is 0 Å². The van der Waals surface area contributed by atoms with Crippen molar-refractivity contribution in [3.63, 3.8) is 0 Å². The Bertz CT molecular complexity index is 688. The van der Waals surface area contributed by atoms with Crippen LogP contribution in [0, 0.1) is 20.8 Å². The number of benzene rings is 1. The number of rotatable bonds is 2. The summed E-state index contributed by atoms with van der Waals surface area (Å²) < 4.78 is 1.79. The number of carboxylic acids is 1. The molecule has 0 bridgehead atoms. The van der Waals surface area contributed by atoms with Gasteiger partial charge >= 0.3 is 5.97 Å². The molecule has 0 aliphatic carbocycles. The van der Waals surface area contributed by atoms with Gasteiger partial charge in [0.2, 0.25) is 0 Å². The van der Waals surface area contributed by atoms with Crippen LogP contribution in [-0.2, 0) is 0 Å².